The van der Waals surface area contributed by atoms with E-state index in [9.17, 15) is 9.18 Å². The standard InChI is InChI=1S/C13H13FN8O/c1-22-5-10(19-21-22)11(15)13(23)18-9-4-7(2-3-8(9)14)12-16-6-17-20-12/h2-6,11H,15H2,1H3,(H,18,23)(H,16,17,20). The highest BCUT2D eigenvalue weighted by molar-refractivity contribution is 5.95. The number of nitrogens with zero attached hydrogens (tertiary/aromatic N) is 5. The first-order valence-electron chi connectivity index (χ1n) is 6.62. The molecule has 2 aromatic heterocycles. The molecule has 1 amide bonds. The number of carbonyl (C=O) groups is 1. The van der Waals surface area contributed by atoms with Gasteiger partial charge in [-0.15, -0.1) is 5.10 Å². The second-order valence-electron chi connectivity index (χ2n) is 4.81. The minimum atomic E-state index is -1.06. The number of halogens is 1. The van der Waals surface area contributed by atoms with Gasteiger partial charge in [0, 0.05) is 12.6 Å². The number of aryl methyl sites for hydroxylation is 1. The van der Waals surface area contributed by atoms with Gasteiger partial charge in [-0.25, -0.2) is 9.37 Å². The minimum absolute atomic E-state index is 0.0109. The number of aromatic nitrogens is 6. The third-order valence-corrected chi connectivity index (χ3v) is 3.13. The van der Waals surface area contributed by atoms with Crippen molar-refractivity contribution in [2.45, 2.75) is 6.04 Å². The van der Waals surface area contributed by atoms with Crippen LogP contribution in [0.5, 0.6) is 0 Å². The van der Waals surface area contributed by atoms with Crippen LogP contribution in [0.2, 0.25) is 0 Å². The number of hydrogen-bond acceptors (Lipinski definition) is 6. The molecule has 0 bridgehead atoms. The number of carbonyl (C=O) groups excluding carboxylic acids is 1. The molecular formula is C13H13FN8O. The number of rotatable bonds is 4. The van der Waals surface area contributed by atoms with E-state index in [4.69, 9.17) is 5.73 Å². The number of H-pyrrole nitrogens is 1. The molecule has 1 atom stereocenters. The minimum Gasteiger partial charge on any atom is -0.322 e. The molecular weight excluding hydrogens is 303 g/mol. The van der Waals surface area contributed by atoms with E-state index in [1.165, 1.54) is 35.4 Å². The molecule has 2 heterocycles. The maximum absolute atomic E-state index is 13.9. The summed E-state index contributed by atoms with van der Waals surface area (Å²) >= 11 is 0. The van der Waals surface area contributed by atoms with Gasteiger partial charge in [0.05, 0.1) is 11.9 Å². The summed E-state index contributed by atoms with van der Waals surface area (Å²) in [4.78, 5) is 16.1. The molecule has 1 aromatic carbocycles. The number of nitrogens with one attached hydrogen (secondary N) is 2. The molecule has 0 spiro atoms. The van der Waals surface area contributed by atoms with Crippen molar-refractivity contribution in [2.24, 2.45) is 12.8 Å². The Hall–Kier alpha value is -3.14. The predicted octanol–water partition coefficient (Wildman–Crippen LogP) is 0.378. The van der Waals surface area contributed by atoms with Crippen molar-refractivity contribution in [3.05, 3.63) is 42.2 Å². The quantitative estimate of drug-likeness (QED) is 0.638. The summed E-state index contributed by atoms with van der Waals surface area (Å²) in [5, 5.41) is 16.3. The molecule has 3 aromatic rings. The summed E-state index contributed by atoms with van der Waals surface area (Å²) in [7, 11) is 1.65. The smallest absolute Gasteiger partial charge is 0.247 e. The zero-order chi connectivity index (χ0) is 16.4. The molecule has 118 valence electrons. The lowest BCUT2D eigenvalue weighted by Crippen LogP contribution is -2.28. The average Bonchev–Trinajstić information content (AvgIpc) is 3.20. The van der Waals surface area contributed by atoms with Crippen LogP contribution in [0.4, 0.5) is 10.1 Å². The van der Waals surface area contributed by atoms with Crippen LogP contribution < -0.4 is 11.1 Å². The van der Waals surface area contributed by atoms with Gasteiger partial charge in [-0.3, -0.25) is 14.6 Å². The van der Waals surface area contributed by atoms with Crippen LogP contribution in [0.25, 0.3) is 11.4 Å². The Morgan fingerprint density at radius 3 is 2.96 bits per heavy atom. The summed E-state index contributed by atoms with van der Waals surface area (Å²) in [6, 6.07) is 3.13. The molecule has 0 aliphatic carbocycles. The van der Waals surface area contributed by atoms with E-state index in [-0.39, 0.29) is 11.4 Å². The van der Waals surface area contributed by atoms with E-state index in [2.05, 4.69) is 30.8 Å². The van der Waals surface area contributed by atoms with Crippen LogP contribution >= 0.6 is 0 Å². The van der Waals surface area contributed by atoms with Gasteiger partial charge in [0.25, 0.3) is 0 Å². The van der Waals surface area contributed by atoms with E-state index >= 15 is 0 Å². The summed E-state index contributed by atoms with van der Waals surface area (Å²) in [6.07, 6.45) is 2.85. The fourth-order valence-electron chi connectivity index (χ4n) is 1.97. The van der Waals surface area contributed by atoms with Gasteiger partial charge in [-0.05, 0) is 18.2 Å². The van der Waals surface area contributed by atoms with Crippen LogP contribution in [0, 0.1) is 5.82 Å². The topological polar surface area (TPSA) is 127 Å². The maximum Gasteiger partial charge on any atom is 0.247 e. The summed E-state index contributed by atoms with van der Waals surface area (Å²) in [6.45, 7) is 0. The van der Waals surface area contributed by atoms with E-state index in [0.29, 0.717) is 11.4 Å². The molecule has 10 heteroatoms. The second-order valence-corrected chi connectivity index (χ2v) is 4.81. The lowest BCUT2D eigenvalue weighted by Gasteiger charge is -2.11. The average molecular weight is 316 g/mol. The number of amides is 1. The molecule has 9 nitrogen and oxygen atoms in total. The van der Waals surface area contributed by atoms with Crippen LogP contribution in [0.3, 0.4) is 0 Å². The Kier molecular flexibility index (Phi) is 3.81. The number of nitrogens with two attached hydrogens (primary N) is 1. The number of anilines is 1. The molecule has 3 rings (SSSR count). The fraction of sp³-hybridized carbons (Fsp3) is 0.154. The highest BCUT2D eigenvalue weighted by atomic mass is 19.1. The highest BCUT2D eigenvalue weighted by Gasteiger charge is 2.20. The number of aromatic amines is 1. The van der Waals surface area contributed by atoms with Gasteiger partial charge in [-0.2, -0.15) is 5.10 Å². The fourth-order valence-corrected chi connectivity index (χ4v) is 1.97. The highest BCUT2D eigenvalue weighted by Crippen LogP contribution is 2.23. The van der Waals surface area contributed by atoms with E-state index in [1.807, 2.05) is 0 Å². The first-order chi connectivity index (χ1) is 11.0. The van der Waals surface area contributed by atoms with Crippen molar-refractivity contribution >= 4 is 11.6 Å². The van der Waals surface area contributed by atoms with E-state index in [0.717, 1.165) is 0 Å². The van der Waals surface area contributed by atoms with Gasteiger partial charge < -0.3 is 11.1 Å². The SMILES string of the molecule is Cn1cc(C(N)C(=O)Nc2cc(-c3ncn[nH]3)ccc2F)nn1. The summed E-state index contributed by atoms with van der Waals surface area (Å²) < 4.78 is 15.3. The van der Waals surface area contributed by atoms with Crippen molar-refractivity contribution in [2.75, 3.05) is 5.32 Å². The van der Waals surface area contributed by atoms with Crippen molar-refractivity contribution in [3.8, 4) is 11.4 Å². The number of hydrogen-bond donors (Lipinski definition) is 3. The van der Waals surface area contributed by atoms with Crippen LogP contribution in [0.1, 0.15) is 11.7 Å². The molecule has 0 radical (unpaired) electrons. The van der Waals surface area contributed by atoms with E-state index < -0.39 is 17.8 Å². The maximum atomic E-state index is 13.9. The summed E-state index contributed by atoms with van der Waals surface area (Å²) in [5.41, 5.74) is 6.66. The lowest BCUT2D eigenvalue weighted by molar-refractivity contribution is -0.117. The largest absolute Gasteiger partial charge is 0.322 e. The Bertz CT molecular complexity index is 828. The molecule has 4 N–H and O–H groups in total. The molecule has 0 saturated heterocycles. The lowest BCUT2D eigenvalue weighted by atomic mass is 10.1. The third-order valence-electron chi connectivity index (χ3n) is 3.13. The zero-order valence-corrected chi connectivity index (χ0v) is 12.1. The summed E-state index contributed by atoms with van der Waals surface area (Å²) in [5.74, 6) is -0.731. The van der Waals surface area contributed by atoms with Crippen molar-refractivity contribution in [3.63, 3.8) is 0 Å². The van der Waals surface area contributed by atoms with Crippen LogP contribution in [0.15, 0.2) is 30.7 Å². The van der Waals surface area contributed by atoms with Crippen molar-refractivity contribution < 1.29 is 9.18 Å². The first-order valence-corrected chi connectivity index (χ1v) is 6.62. The van der Waals surface area contributed by atoms with E-state index in [1.54, 1.807) is 7.05 Å². The zero-order valence-electron chi connectivity index (χ0n) is 12.1. The number of benzene rings is 1. The molecule has 0 aliphatic heterocycles. The van der Waals surface area contributed by atoms with Crippen molar-refractivity contribution in [1.82, 2.24) is 30.2 Å². The van der Waals surface area contributed by atoms with Crippen molar-refractivity contribution in [1.29, 1.82) is 0 Å². The van der Waals surface area contributed by atoms with Crippen LogP contribution in [-0.2, 0) is 11.8 Å². The van der Waals surface area contributed by atoms with Gasteiger partial charge in [0.15, 0.2) is 5.82 Å². The van der Waals surface area contributed by atoms with Gasteiger partial charge in [0.2, 0.25) is 5.91 Å². The Labute approximate surface area is 129 Å². The predicted molar refractivity (Wildman–Crippen MR) is 78.3 cm³/mol. The van der Waals surface area contributed by atoms with Gasteiger partial charge in [0.1, 0.15) is 23.9 Å². The monoisotopic (exact) mass is 316 g/mol. The molecule has 0 fully saturated rings. The molecule has 23 heavy (non-hydrogen) atoms. The normalized spacial score (nSPS) is 12.1. The van der Waals surface area contributed by atoms with Gasteiger partial charge >= 0.3 is 0 Å². The Balaban J connectivity index is 1.82. The molecule has 0 aliphatic rings. The van der Waals surface area contributed by atoms with Gasteiger partial charge in [-0.1, -0.05) is 5.21 Å². The Morgan fingerprint density at radius 1 is 1.48 bits per heavy atom. The third kappa shape index (κ3) is 3.06. The first kappa shape index (κ1) is 14.8. The Morgan fingerprint density at radius 2 is 2.30 bits per heavy atom. The molecule has 1 unspecified atom stereocenters. The second kappa shape index (κ2) is 5.93. The molecule has 0 saturated carbocycles. The van der Waals surface area contributed by atoms with Crippen LogP contribution in [-0.4, -0.2) is 36.1 Å².